The van der Waals surface area contributed by atoms with Crippen molar-refractivity contribution in [2.24, 2.45) is 5.10 Å². The van der Waals surface area contributed by atoms with Gasteiger partial charge in [0.1, 0.15) is 11.5 Å². The number of carbonyl (C=O) groups excluding carboxylic acids is 2. The first kappa shape index (κ1) is 23.0. The second-order valence-electron chi connectivity index (χ2n) is 6.55. The molecule has 1 heterocycles. The number of methoxy groups -OCH3 is 2. The van der Waals surface area contributed by atoms with Crippen molar-refractivity contribution in [3.63, 3.8) is 0 Å². The maximum absolute atomic E-state index is 12.2. The van der Waals surface area contributed by atoms with Gasteiger partial charge in [-0.05, 0) is 42.5 Å². The van der Waals surface area contributed by atoms with Gasteiger partial charge in [-0.1, -0.05) is 0 Å². The molecule has 0 aliphatic carbocycles. The Morgan fingerprint density at radius 1 is 1.06 bits per heavy atom. The molecular weight excluding hydrogens is 432 g/mol. The quantitative estimate of drug-likeness (QED) is 0.288. The Hall–Kier alpha value is -4.67. The zero-order chi connectivity index (χ0) is 23.8. The number of nitrogens with zero attached hydrogens (tertiary/aromatic N) is 2. The van der Waals surface area contributed by atoms with E-state index in [2.05, 4.69) is 15.8 Å². The van der Waals surface area contributed by atoms with E-state index in [4.69, 9.17) is 13.9 Å². The average molecular weight is 452 g/mol. The van der Waals surface area contributed by atoms with Crippen molar-refractivity contribution in [3.05, 3.63) is 76.0 Å². The minimum atomic E-state index is -0.540. The lowest BCUT2D eigenvalue weighted by Crippen LogP contribution is -2.34. The molecule has 2 aromatic carbocycles. The molecule has 0 fully saturated rings. The van der Waals surface area contributed by atoms with Crippen LogP contribution in [0.2, 0.25) is 0 Å². The normalized spacial score (nSPS) is 10.6. The number of furan rings is 1. The first-order valence-electron chi connectivity index (χ1n) is 9.58. The van der Waals surface area contributed by atoms with Crippen molar-refractivity contribution in [2.45, 2.75) is 0 Å². The molecule has 11 nitrogen and oxygen atoms in total. The van der Waals surface area contributed by atoms with E-state index in [9.17, 15) is 19.7 Å². The lowest BCUT2D eigenvalue weighted by Gasteiger charge is -2.09. The Morgan fingerprint density at radius 2 is 1.79 bits per heavy atom. The molecule has 0 aliphatic heterocycles. The standard InChI is InChI=1S/C22H20N4O7/c1-31-19-9-5-15(11-20(19)32-2)22(28)23-13-21(27)25-24-12-17-8-10-18(33-17)14-3-6-16(7-4-14)26(29)30/h3-12H,13H2,1-2H3,(H,23,28)(H,25,27)/b24-12+. The SMILES string of the molecule is COc1ccc(C(=O)NCC(=O)N/N=C/c2ccc(-c3ccc([N+](=O)[O-])cc3)o2)cc1OC. The van der Waals surface area contributed by atoms with Gasteiger partial charge < -0.3 is 19.2 Å². The molecule has 0 aliphatic rings. The molecule has 0 unspecified atom stereocenters. The molecule has 3 rings (SSSR count). The highest BCUT2D eigenvalue weighted by molar-refractivity contribution is 5.97. The first-order chi connectivity index (χ1) is 15.9. The number of non-ortho nitro benzene ring substituents is 1. The number of nitro groups is 1. The predicted molar refractivity (Wildman–Crippen MR) is 118 cm³/mol. The summed E-state index contributed by atoms with van der Waals surface area (Å²) in [5.74, 6) is 0.718. The van der Waals surface area contributed by atoms with E-state index < -0.39 is 16.7 Å². The maximum Gasteiger partial charge on any atom is 0.269 e. The highest BCUT2D eigenvalue weighted by Crippen LogP contribution is 2.27. The van der Waals surface area contributed by atoms with Crippen molar-refractivity contribution in [1.82, 2.24) is 10.7 Å². The number of rotatable bonds is 9. The van der Waals surface area contributed by atoms with Gasteiger partial charge in [-0.3, -0.25) is 19.7 Å². The molecule has 33 heavy (non-hydrogen) atoms. The van der Waals surface area contributed by atoms with E-state index in [1.54, 1.807) is 36.4 Å². The molecule has 0 atom stereocenters. The highest BCUT2D eigenvalue weighted by atomic mass is 16.6. The number of amides is 2. The molecular formula is C22H20N4O7. The second-order valence-corrected chi connectivity index (χ2v) is 6.55. The van der Waals surface area contributed by atoms with Crippen LogP contribution in [0.15, 0.2) is 64.1 Å². The predicted octanol–water partition coefficient (Wildman–Crippen LogP) is 2.75. The van der Waals surface area contributed by atoms with Gasteiger partial charge >= 0.3 is 0 Å². The highest BCUT2D eigenvalue weighted by Gasteiger charge is 2.12. The fraction of sp³-hybridized carbons (Fsp3) is 0.136. The molecule has 0 bridgehead atoms. The molecule has 0 saturated heterocycles. The molecule has 3 aromatic rings. The molecule has 2 N–H and O–H groups in total. The van der Waals surface area contributed by atoms with E-state index in [-0.39, 0.29) is 12.2 Å². The number of nitro benzene ring substituents is 1. The van der Waals surface area contributed by atoms with Crippen LogP contribution in [0.4, 0.5) is 5.69 Å². The summed E-state index contributed by atoms with van der Waals surface area (Å²) in [6.45, 7) is -0.295. The number of benzene rings is 2. The van der Waals surface area contributed by atoms with Gasteiger partial charge in [-0.2, -0.15) is 5.10 Å². The number of carbonyl (C=O) groups is 2. The van der Waals surface area contributed by atoms with Crippen LogP contribution in [-0.4, -0.2) is 43.7 Å². The van der Waals surface area contributed by atoms with Crippen LogP contribution in [0.1, 0.15) is 16.1 Å². The van der Waals surface area contributed by atoms with E-state index in [0.29, 0.717) is 34.1 Å². The zero-order valence-corrected chi connectivity index (χ0v) is 17.7. The average Bonchev–Trinajstić information content (AvgIpc) is 3.31. The molecule has 0 radical (unpaired) electrons. The summed E-state index contributed by atoms with van der Waals surface area (Å²) < 4.78 is 15.9. The van der Waals surface area contributed by atoms with E-state index in [1.807, 2.05) is 0 Å². The molecule has 0 spiro atoms. The third-order valence-corrected chi connectivity index (χ3v) is 4.43. The summed E-state index contributed by atoms with van der Waals surface area (Å²) in [6, 6.07) is 13.8. The molecule has 0 saturated carbocycles. The lowest BCUT2D eigenvalue weighted by atomic mass is 10.1. The smallest absolute Gasteiger partial charge is 0.269 e. The monoisotopic (exact) mass is 452 g/mol. The Bertz CT molecular complexity index is 1190. The summed E-state index contributed by atoms with van der Waals surface area (Å²) in [4.78, 5) is 34.4. The summed E-state index contributed by atoms with van der Waals surface area (Å²) in [7, 11) is 2.94. The van der Waals surface area contributed by atoms with Crippen molar-refractivity contribution < 1.29 is 28.4 Å². The van der Waals surface area contributed by atoms with Gasteiger partial charge in [-0.15, -0.1) is 0 Å². The number of hydrogen-bond donors (Lipinski definition) is 2. The largest absolute Gasteiger partial charge is 0.493 e. The number of hydrogen-bond acceptors (Lipinski definition) is 8. The maximum atomic E-state index is 12.2. The van der Waals surface area contributed by atoms with E-state index >= 15 is 0 Å². The zero-order valence-electron chi connectivity index (χ0n) is 17.7. The van der Waals surface area contributed by atoms with Crippen LogP contribution in [0.3, 0.4) is 0 Å². The number of hydrazone groups is 1. The van der Waals surface area contributed by atoms with Gasteiger partial charge in [0.05, 0.1) is 31.9 Å². The van der Waals surface area contributed by atoms with Crippen molar-refractivity contribution in [2.75, 3.05) is 20.8 Å². The van der Waals surface area contributed by atoms with E-state index in [0.717, 1.165) is 0 Å². The lowest BCUT2D eigenvalue weighted by molar-refractivity contribution is -0.384. The Balaban J connectivity index is 1.50. The van der Waals surface area contributed by atoms with Crippen LogP contribution in [0.25, 0.3) is 11.3 Å². The third-order valence-electron chi connectivity index (χ3n) is 4.43. The van der Waals surface area contributed by atoms with Gasteiger partial charge in [-0.25, -0.2) is 5.43 Å². The van der Waals surface area contributed by atoms with Crippen LogP contribution in [0.5, 0.6) is 11.5 Å². The molecule has 1 aromatic heterocycles. The Kier molecular flexibility index (Phi) is 7.37. The molecule has 2 amide bonds. The van der Waals surface area contributed by atoms with Crippen molar-refractivity contribution in [3.8, 4) is 22.8 Å². The van der Waals surface area contributed by atoms with Crippen LogP contribution >= 0.6 is 0 Å². The minimum Gasteiger partial charge on any atom is -0.493 e. The first-order valence-corrected chi connectivity index (χ1v) is 9.58. The van der Waals surface area contributed by atoms with Gasteiger partial charge in [0.25, 0.3) is 17.5 Å². The second kappa shape index (κ2) is 10.6. The van der Waals surface area contributed by atoms with Crippen LogP contribution < -0.4 is 20.2 Å². The summed E-state index contributed by atoms with van der Waals surface area (Å²) in [5, 5.41) is 17.0. The van der Waals surface area contributed by atoms with Crippen molar-refractivity contribution in [1.29, 1.82) is 0 Å². The summed E-state index contributed by atoms with van der Waals surface area (Å²) >= 11 is 0. The fourth-order valence-electron chi connectivity index (χ4n) is 2.77. The van der Waals surface area contributed by atoms with Gasteiger partial charge in [0, 0.05) is 23.3 Å². The third kappa shape index (κ3) is 5.94. The molecule has 170 valence electrons. The number of ether oxygens (including phenoxy) is 2. The van der Waals surface area contributed by atoms with Crippen LogP contribution in [-0.2, 0) is 4.79 Å². The topological polar surface area (TPSA) is 145 Å². The van der Waals surface area contributed by atoms with E-state index in [1.165, 1.54) is 38.6 Å². The summed E-state index contributed by atoms with van der Waals surface area (Å²) in [6.07, 6.45) is 1.29. The van der Waals surface area contributed by atoms with Crippen molar-refractivity contribution >= 4 is 23.7 Å². The van der Waals surface area contributed by atoms with Crippen LogP contribution in [0, 0.1) is 10.1 Å². The summed E-state index contributed by atoms with van der Waals surface area (Å²) in [5.41, 5.74) is 3.22. The minimum absolute atomic E-state index is 0.0203. The van der Waals surface area contributed by atoms with Gasteiger partial charge in [0.15, 0.2) is 11.5 Å². The fourth-order valence-corrected chi connectivity index (χ4v) is 2.77. The Labute approximate surface area is 188 Å². The Morgan fingerprint density at radius 3 is 2.45 bits per heavy atom. The molecule has 11 heteroatoms. The number of nitrogens with one attached hydrogen (secondary N) is 2. The van der Waals surface area contributed by atoms with Gasteiger partial charge in [0.2, 0.25) is 0 Å².